The number of ether oxygens (including phenoxy) is 1. The highest BCUT2D eigenvalue weighted by Gasteiger charge is 2.38. The maximum Gasteiger partial charge on any atom is 0.309 e. The molecule has 8 nitrogen and oxygen atoms in total. The van der Waals surface area contributed by atoms with Crippen LogP contribution in [0.5, 0.6) is 0 Å². The van der Waals surface area contributed by atoms with Gasteiger partial charge in [0.2, 0.25) is 0 Å². The highest BCUT2D eigenvalue weighted by Crippen LogP contribution is 2.39. The van der Waals surface area contributed by atoms with Gasteiger partial charge in [-0.25, -0.2) is 0 Å². The Labute approximate surface area is 234 Å². The van der Waals surface area contributed by atoms with E-state index in [1.54, 1.807) is 23.3 Å². The highest BCUT2D eigenvalue weighted by molar-refractivity contribution is 8.26. The van der Waals surface area contributed by atoms with Crippen LogP contribution in [0.2, 0.25) is 0 Å². The fraction of sp³-hybridized carbons (Fsp3) is 0.607. The van der Waals surface area contributed by atoms with Gasteiger partial charge < -0.3 is 9.64 Å². The van der Waals surface area contributed by atoms with Gasteiger partial charge in [0.25, 0.3) is 11.5 Å². The average molecular weight is 557 g/mol. The number of carbonyl (C=O) groups is 2. The van der Waals surface area contributed by atoms with E-state index in [1.807, 2.05) is 13.0 Å². The maximum absolute atomic E-state index is 13.6. The third kappa shape index (κ3) is 5.55. The van der Waals surface area contributed by atoms with Crippen LogP contribution in [0.4, 0.5) is 5.82 Å². The van der Waals surface area contributed by atoms with Gasteiger partial charge in [0, 0.05) is 31.2 Å². The van der Waals surface area contributed by atoms with Gasteiger partial charge in [-0.1, -0.05) is 50.2 Å². The van der Waals surface area contributed by atoms with Crippen molar-refractivity contribution >= 4 is 52.1 Å². The number of hydrogen-bond donors (Lipinski definition) is 0. The van der Waals surface area contributed by atoms with E-state index in [4.69, 9.17) is 17.0 Å². The van der Waals surface area contributed by atoms with Gasteiger partial charge in [0.1, 0.15) is 21.8 Å². The second-order valence-electron chi connectivity index (χ2n) is 10.2. The van der Waals surface area contributed by atoms with Gasteiger partial charge in [0.15, 0.2) is 0 Å². The predicted molar refractivity (Wildman–Crippen MR) is 154 cm³/mol. The molecule has 0 atom stereocenters. The molecule has 0 aromatic carbocycles. The van der Waals surface area contributed by atoms with Crippen LogP contribution in [0.25, 0.3) is 6.08 Å². The topological polar surface area (TPSA) is 95.6 Å². The molecule has 1 saturated carbocycles. The first-order valence-electron chi connectivity index (χ1n) is 13.7. The number of hydrogen-bond acceptors (Lipinski definition) is 8. The summed E-state index contributed by atoms with van der Waals surface area (Å²) in [6.07, 6.45) is 9.06. The molecule has 0 N–H and O–H groups in total. The third-order valence-electron chi connectivity index (χ3n) is 7.75. The number of thioether (sulfide) groups is 1. The lowest BCUT2D eigenvalue weighted by atomic mass is 9.94. The molecule has 0 radical (unpaired) electrons. The first kappa shape index (κ1) is 28.4. The Morgan fingerprint density at radius 1 is 1.16 bits per heavy atom. The lowest BCUT2D eigenvalue weighted by Gasteiger charge is -2.35. The molecular weight excluding hydrogens is 520 g/mol. The maximum atomic E-state index is 13.6. The standard InChI is InChI=1S/C28H36N4O4S2/c1-4-13-31-24(30-14-11-19(12-15-30)27(35)36-5-2)21(18(3)22(17-29)25(31)33)16-23-26(34)32(28(37)38-23)20-9-7-6-8-10-20/h16,19-20H,4-15H2,1-3H3/b23-16+. The van der Waals surface area contributed by atoms with E-state index in [0.717, 1.165) is 25.7 Å². The monoisotopic (exact) mass is 556 g/mol. The fourth-order valence-corrected chi connectivity index (χ4v) is 7.15. The SMILES string of the molecule is CCCn1c(N2CCC(C(=O)OCC)CC2)c(/C=C2/SC(=S)N(C3CCCCC3)C2=O)c(C)c(C#N)c1=O. The number of amides is 1. The molecule has 3 aliphatic rings. The van der Waals surface area contributed by atoms with E-state index < -0.39 is 0 Å². The fourth-order valence-electron chi connectivity index (χ4n) is 5.77. The summed E-state index contributed by atoms with van der Waals surface area (Å²) in [7, 11) is 0. The zero-order chi connectivity index (χ0) is 27.4. The van der Waals surface area contributed by atoms with E-state index in [1.165, 1.54) is 18.2 Å². The molecule has 0 unspecified atom stereocenters. The smallest absolute Gasteiger partial charge is 0.309 e. The third-order valence-corrected chi connectivity index (χ3v) is 9.08. The molecule has 0 spiro atoms. The molecule has 0 bridgehead atoms. The minimum atomic E-state index is -0.318. The molecule has 10 heteroatoms. The lowest BCUT2D eigenvalue weighted by Crippen LogP contribution is -2.41. The van der Waals surface area contributed by atoms with Gasteiger partial charge in [-0.2, -0.15) is 5.26 Å². The number of piperidine rings is 1. The minimum Gasteiger partial charge on any atom is -0.466 e. The zero-order valence-corrected chi connectivity index (χ0v) is 24.1. The van der Waals surface area contributed by atoms with Gasteiger partial charge in [-0.05, 0) is 57.6 Å². The van der Waals surface area contributed by atoms with Crippen molar-refractivity contribution in [1.82, 2.24) is 9.47 Å². The van der Waals surface area contributed by atoms with E-state index in [9.17, 15) is 19.6 Å². The van der Waals surface area contributed by atoms with Gasteiger partial charge in [-0.3, -0.25) is 23.9 Å². The summed E-state index contributed by atoms with van der Waals surface area (Å²) in [6.45, 7) is 7.52. The Morgan fingerprint density at radius 2 is 1.84 bits per heavy atom. The Hall–Kier alpha value is -2.64. The van der Waals surface area contributed by atoms with E-state index >= 15 is 0 Å². The second-order valence-corrected chi connectivity index (χ2v) is 11.8. The van der Waals surface area contributed by atoms with Crippen molar-refractivity contribution in [2.24, 2.45) is 5.92 Å². The van der Waals surface area contributed by atoms with E-state index in [-0.39, 0.29) is 35.0 Å². The second kappa shape index (κ2) is 12.5. The zero-order valence-electron chi connectivity index (χ0n) is 22.5. The number of esters is 1. The first-order valence-corrected chi connectivity index (χ1v) is 14.9. The molecule has 4 rings (SSSR count). The van der Waals surface area contributed by atoms with Crippen LogP contribution in [0.15, 0.2) is 9.70 Å². The molecular formula is C28H36N4O4S2. The van der Waals surface area contributed by atoms with Crippen LogP contribution in [0.1, 0.15) is 81.9 Å². The molecule has 3 fully saturated rings. The van der Waals surface area contributed by atoms with Crippen molar-refractivity contribution in [3.8, 4) is 6.07 Å². The predicted octanol–water partition coefficient (Wildman–Crippen LogP) is 4.75. The summed E-state index contributed by atoms with van der Waals surface area (Å²) in [5.41, 5.74) is 1.04. The van der Waals surface area contributed by atoms with Crippen LogP contribution < -0.4 is 10.5 Å². The van der Waals surface area contributed by atoms with Crippen LogP contribution >= 0.6 is 24.0 Å². The van der Waals surface area contributed by atoms with Crippen molar-refractivity contribution in [3.63, 3.8) is 0 Å². The van der Waals surface area contributed by atoms with E-state index in [2.05, 4.69) is 11.0 Å². The summed E-state index contributed by atoms with van der Waals surface area (Å²) in [5, 5.41) is 9.88. The number of thiocarbonyl (C=S) groups is 1. The van der Waals surface area contributed by atoms with Crippen LogP contribution in [-0.4, -0.2) is 51.4 Å². The molecule has 1 amide bonds. The molecule has 3 heterocycles. The quantitative estimate of drug-likeness (QED) is 0.270. The number of carbonyl (C=O) groups excluding carboxylic acids is 2. The van der Waals surface area contributed by atoms with Crippen molar-refractivity contribution in [3.05, 3.63) is 31.9 Å². The lowest BCUT2D eigenvalue weighted by molar-refractivity contribution is -0.148. The number of rotatable bonds is 7. The van der Waals surface area contributed by atoms with Gasteiger partial charge in [-0.15, -0.1) is 0 Å². The molecule has 2 aliphatic heterocycles. The summed E-state index contributed by atoms with van der Waals surface area (Å²) in [5.74, 6) is 0.261. The van der Waals surface area contributed by atoms with Crippen molar-refractivity contribution < 1.29 is 14.3 Å². The molecule has 1 aromatic rings. The number of nitriles is 1. The summed E-state index contributed by atoms with van der Waals surface area (Å²) in [4.78, 5) is 43.7. The molecule has 2 saturated heterocycles. The number of anilines is 1. The largest absolute Gasteiger partial charge is 0.466 e. The normalized spacial score (nSPS) is 20.3. The first-order chi connectivity index (χ1) is 18.3. The molecule has 204 valence electrons. The Morgan fingerprint density at radius 3 is 2.45 bits per heavy atom. The highest BCUT2D eigenvalue weighted by atomic mass is 32.2. The number of pyridine rings is 1. The van der Waals surface area contributed by atoms with Crippen LogP contribution in [0, 0.1) is 24.2 Å². The van der Waals surface area contributed by atoms with Crippen molar-refractivity contribution in [2.45, 2.75) is 84.7 Å². The van der Waals surface area contributed by atoms with Crippen LogP contribution in [0.3, 0.4) is 0 Å². The number of aromatic nitrogens is 1. The molecule has 38 heavy (non-hydrogen) atoms. The molecule has 1 aliphatic carbocycles. The average Bonchev–Trinajstić information content (AvgIpc) is 3.20. The van der Waals surface area contributed by atoms with Gasteiger partial charge in [0.05, 0.1) is 17.4 Å². The Balaban J connectivity index is 1.77. The Bertz CT molecular complexity index is 1230. The Kier molecular flexibility index (Phi) is 9.32. The van der Waals surface area contributed by atoms with E-state index in [0.29, 0.717) is 71.7 Å². The summed E-state index contributed by atoms with van der Waals surface area (Å²) < 4.78 is 7.48. The minimum absolute atomic E-state index is 0.0926. The molecule has 1 aromatic heterocycles. The van der Waals surface area contributed by atoms with Gasteiger partial charge >= 0.3 is 5.97 Å². The number of nitrogens with zero attached hydrogens (tertiary/aromatic N) is 4. The summed E-state index contributed by atoms with van der Waals surface area (Å²) >= 11 is 6.94. The van der Waals surface area contributed by atoms with Crippen molar-refractivity contribution in [2.75, 3.05) is 24.6 Å². The van der Waals surface area contributed by atoms with Crippen LogP contribution in [-0.2, 0) is 20.9 Å². The summed E-state index contributed by atoms with van der Waals surface area (Å²) in [6, 6.07) is 2.24. The van der Waals surface area contributed by atoms with Crippen molar-refractivity contribution in [1.29, 1.82) is 5.26 Å².